The van der Waals surface area contributed by atoms with Crippen molar-refractivity contribution < 1.29 is 4.74 Å². The highest BCUT2D eigenvalue weighted by molar-refractivity contribution is 5.33. The smallest absolute Gasteiger partial charge is 0.119 e. The van der Waals surface area contributed by atoms with Gasteiger partial charge in [-0.15, -0.1) is 0 Å². The maximum absolute atomic E-state index is 6.01. The van der Waals surface area contributed by atoms with Crippen LogP contribution in [0, 0.1) is 0 Å². The molecular weight excluding hydrogens is 210 g/mol. The van der Waals surface area contributed by atoms with E-state index in [1.807, 2.05) is 0 Å². The number of hydrogen-bond acceptors (Lipinski definition) is 2. The van der Waals surface area contributed by atoms with E-state index >= 15 is 0 Å². The predicted molar refractivity (Wildman–Crippen MR) is 69.3 cm³/mol. The number of ether oxygens (including phenoxy) is 1. The number of benzene rings is 1. The summed E-state index contributed by atoms with van der Waals surface area (Å²) in [5.74, 6) is 1.62. The third-order valence-electron chi connectivity index (χ3n) is 4.00. The van der Waals surface area contributed by atoms with Crippen LogP contribution in [-0.4, -0.2) is 12.1 Å². The maximum atomic E-state index is 6.01. The van der Waals surface area contributed by atoms with E-state index in [9.17, 15) is 0 Å². The summed E-state index contributed by atoms with van der Waals surface area (Å²) >= 11 is 0. The molecule has 92 valence electrons. The minimum atomic E-state index is 0.389. The Morgan fingerprint density at radius 2 is 1.65 bits per heavy atom. The molecule has 2 fully saturated rings. The van der Waals surface area contributed by atoms with Crippen molar-refractivity contribution in [3.63, 3.8) is 0 Å². The molecule has 17 heavy (non-hydrogen) atoms. The van der Waals surface area contributed by atoms with Crippen LogP contribution in [-0.2, 0) is 0 Å². The van der Waals surface area contributed by atoms with Crippen LogP contribution < -0.4 is 10.5 Å². The summed E-state index contributed by atoms with van der Waals surface area (Å²) in [6.07, 6.45) is 8.03. The summed E-state index contributed by atoms with van der Waals surface area (Å²) in [6, 6.07) is 8.95. The summed E-state index contributed by atoms with van der Waals surface area (Å²) in [7, 11) is 0. The minimum Gasteiger partial charge on any atom is -0.490 e. The van der Waals surface area contributed by atoms with E-state index in [-0.39, 0.29) is 0 Å². The Hall–Kier alpha value is -1.02. The van der Waals surface area contributed by atoms with Crippen LogP contribution in [0.1, 0.15) is 50.0 Å². The molecule has 0 saturated heterocycles. The van der Waals surface area contributed by atoms with E-state index in [0.29, 0.717) is 18.1 Å². The van der Waals surface area contributed by atoms with E-state index in [4.69, 9.17) is 10.5 Å². The third-order valence-corrected chi connectivity index (χ3v) is 4.00. The van der Waals surface area contributed by atoms with Crippen molar-refractivity contribution in [1.29, 1.82) is 0 Å². The summed E-state index contributed by atoms with van der Waals surface area (Å²) in [6.45, 7) is 0. The van der Waals surface area contributed by atoms with Crippen molar-refractivity contribution in [3.8, 4) is 5.75 Å². The Kier molecular flexibility index (Phi) is 3.06. The van der Waals surface area contributed by atoms with Gasteiger partial charge < -0.3 is 10.5 Å². The molecule has 1 aromatic rings. The molecule has 3 rings (SSSR count). The van der Waals surface area contributed by atoms with Gasteiger partial charge >= 0.3 is 0 Å². The second kappa shape index (κ2) is 4.69. The SMILES string of the molecule is NC1CC1c1ccc(OC2CCCCC2)cc1. The first kappa shape index (κ1) is 11.1. The van der Waals surface area contributed by atoms with E-state index in [2.05, 4.69) is 24.3 Å². The van der Waals surface area contributed by atoms with E-state index in [1.54, 1.807) is 0 Å². The first-order valence-electron chi connectivity index (χ1n) is 6.85. The molecule has 2 unspecified atom stereocenters. The Morgan fingerprint density at radius 3 is 2.24 bits per heavy atom. The third kappa shape index (κ3) is 2.63. The summed E-state index contributed by atoms with van der Waals surface area (Å²) < 4.78 is 6.01. The molecule has 2 atom stereocenters. The average molecular weight is 231 g/mol. The van der Waals surface area contributed by atoms with Crippen LogP contribution in [0.4, 0.5) is 0 Å². The quantitative estimate of drug-likeness (QED) is 0.867. The van der Waals surface area contributed by atoms with E-state index in [0.717, 1.165) is 12.2 Å². The molecule has 2 saturated carbocycles. The van der Waals surface area contributed by atoms with Gasteiger partial charge in [-0.05, 0) is 49.8 Å². The monoisotopic (exact) mass is 231 g/mol. The zero-order chi connectivity index (χ0) is 11.7. The Morgan fingerprint density at radius 1 is 1.00 bits per heavy atom. The molecule has 2 nitrogen and oxygen atoms in total. The van der Waals surface area contributed by atoms with Crippen molar-refractivity contribution in [3.05, 3.63) is 29.8 Å². The van der Waals surface area contributed by atoms with E-state index < -0.39 is 0 Å². The lowest BCUT2D eigenvalue weighted by atomic mass is 9.98. The summed E-state index contributed by atoms with van der Waals surface area (Å²) in [5.41, 5.74) is 7.22. The van der Waals surface area contributed by atoms with Gasteiger partial charge in [0.2, 0.25) is 0 Å². The molecule has 0 heterocycles. The fraction of sp³-hybridized carbons (Fsp3) is 0.600. The number of nitrogens with two attached hydrogens (primary N) is 1. The molecule has 1 aromatic carbocycles. The molecule has 0 aliphatic heterocycles. The van der Waals surface area contributed by atoms with Gasteiger partial charge in [-0.1, -0.05) is 18.6 Å². The normalized spacial score (nSPS) is 29.0. The molecule has 2 heteroatoms. The van der Waals surface area contributed by atoms with Crippen LogP contribution in [0.15, 0.2) is 24.3 Å². The van der Waals surface area contributed by atoms with Crippen molar-refractivity contribution in [1.82, 2.24) is 0 Å². The van der Waals surface area contributed by atoms with Gasteiger partial charge in [0, 0.05) is 12.0 Å². The largest absolute Gasteiger partial charge is 0.490 e. The molecule has 2 aliphatic rings. The van der Waals surface area contributed by atoms with Gasteiger partial charge in [0.15, 0.2) is 0 Å². The lowest BCUT2D eigenvalue weighted by Gasteiger charge is -2.23. The first-order chi connectivity index (χ1) is 8.33. The van der Waals surface area contributed by atoms with Crippen LogP contribution in [0.2, 0.25) is 0 Å². The molecule has 0 spiro atoms. The highest BCUT2D eigenvalue weighted by Gasteiger charge is 2.34. The Bertz CT molecular complexity index is 367. The standard InChI is InChI=1S/C15H21NO/c16-15-10-14(15)11-6-8-13(9-7-11)17-12-4-2-1-3-5-12/h6-9,12,14-15H,1-5,10,16H2. The van der Waals surface area contributed by atoms with Gasteiger partial charge in [0.25, 0.3) is 0 Å². The zero-order valence-corrected chi connectivity index (χ0v) is 10.3. The van der Waals surface area contributed by atoms with E-state index in [1.165, 1.54) is 37.7 Å². The molecule has 2 aliphatic carbocycles. The van der Waals surface area contributed by atoms with Crippen molar-refractivity contribution >= 4 is 0 Å². The lowest BCUT2D eigenvalue weighted by Crippen LogP contribution is -2.19. The van der Waals surface area contributed by atoms with Crippen molar-refractivity contribution in [2.45, 2.75) is 56.6 Å². The highest BCUT2D eigenvalue weighted by Crippen LogP contribution is 2.39. The second-order valence-corrected chi connectivity index (χ2v) is 5.45. The lowest BCUT2D eigenvalue weighted by molar-refractivity contribution is 0.155. The van der Waals surface area contributed by atoms with Crippen LogP contribution in [0.5, 0.6) is 5.75 Å². The van der Waals surface area contributed by atoms with Crippen molar-refractivity contribution in [2.24, 2.45) is 5.73 Å². The average Bonchev–Trinajstić information content (AvgIpc) is 3.09. The van der Waals surface area contributed by atoms with Crippen LogP contribution in [0.3, 0.4) is 0 Å². The number of hydrogen-bond donors (Lipinski definition) is 1. The van der Waals surface area contributed by atoms with Gasteiger partial charge in [0.1, 0.15) is 5.75 Å². The molecule has 2 N–H and O–H groups in total. The van der Waals surface area contributed by atoms with Crippen LogP contribution >= 0.6 is 0 Å². The van der Waals surface area contributed by atoms with Gasteiger partial charge in [0.05, 0.1) is 6.10 Å². The van der Waals surface area contributed by atoms with Gasteiger partial charge in [-0.3, -0.25) is 0 Å². The van der Waals surface area contributed by atoms with Gasteiger partial charge in [-0.2, -0.15) is 0 Å². The summed E-state index contributed by atoms with van der Waals surface area (Å²) in [5, 5.41) is 0. The highest BCUT2D eigenvalue weighted by atomic mass is 16.5. The van der Waals surface area contributed by atoms with Crippen LogP contribution in [0.25, 0.3) is 0 Å². The zero-order valence-electron chi connectivity index (χ0n) is 10.3. The first-order valence-corrected chi connectivity index (χ1v) is 6.85. The molecule has 0 amide bonds. The Balaban J connectivity index is 1.59. The Labute approximate surface area is 103 Å². The molecule has 0 bridgehead atoms. The fourth-order valence-electron chi connectivity index (χ4n) is 2.77. The number of rotatable bonds is 3. The fourth-order valence-corrected chi connectivity index (χ4v) is 2.77. The van der Waals surface area contributed by atoms with Crippen molar-refractivity contribution in [2.75, 3.05) is 0 Å². The summed E-state index contributed by atoms with van der Waals surface area (Å²) in [4.78, 5) is 0. The van der Waals surface area contributed by atoms with Gasteiger partial charge in [-0.25, -0.2) is 0 Å². The molecular formula is C15H21NO. The second-order valence-electron chi connectivity index (χ2n) is 5.45. The predicted octanol–water partition coefficient (Wildman–Crippen LogP) is 3.21. The topological polar surface area (TPSA) is 35.2 Å². The molecule has 0 radical (unpaired) electrons. The minimum absolute atomic E-state index is 0.389. The maximum Gasteiger partial charge on any atom is 0.119 e. The molecule has 0 aromatic heterocycles.